The van der Waals surface area contributed by atoms with E-state index >= 15 is 0 Å². The van der Waals surface area contributed by atoms with Crippen molar-refractivity contribution >= 4 is 5.91 Å². The van der Waals surface area contributed by atoms with Gasteiger partial charge in [-0.25, -0.2) is 0 Å². The highest BCUT2D eigenvalue weighted by atomic mass is 19.4. The molecule has 116 valence electrons. The minimum atomic E-state index is -4.52. The van der Waals surface area contributed by atoms with Crippen molar-refractivity contribution in [1.29, 1.82) is 0 Å². The predicted octanol–water partition coefficient (Wildman–Crippen LogP) is 2.82. The van der Waals surface area contributed by atoms with Crippen LogP contribution in [0.4, 0.5) is 13.2 Å². The van der Waals surface area contributed by atoms with Gasteiger partial charge in [0, 0.05) is 13.1 Å². The fraction of sp³-hybridized carbons (Fsp3) is 0.533. The molecule has 1 aromatic carbocycles. The third kappa shape index (κ3) is 3.97. The van der Waals surface area contributed by atoms with Crippen LogP contribution in [-0.4, -0.2) is 25.5 Å². The smallest absolute Gasteiger partial charge is 0.351 e. The molecular formula is C15H19F3N2O. The molecule has 1 unspecified atom stereocenters. The zero-order valence-electron chi connectivity index (χ0n) is 11.9. The molecule has 0 aliphatic carbocycles. The van der Waals surface area contributed by atoms with Crippen LogP contribution >= 0.6 is 0 Å². The second-order valence-electron chi connectivity index (χ2n) is 5.82. The molecule has 1 saturated heterocycles. The molecule has 1 atom stereocenters. The molecule has 1 heterocycles. The van der Waals surface area contributed by atoms with Crippen molar-refractivity contribution in [3.8, 4) is 0 Å². The highest BCUT2D eigenvalue weighted by molar-refractivity contribution is 5.95. The van der Waals surface area contributed by atoms with E-state index in [0.29, 0.717) is 6.54 Å². The molecular weight excluding hydrogens is 281 g/mol. The van der Waals surface area contributed by atoms with Crippen molar-refractivity contribution in [1.82, 2.24) is 10.6 Å². The number of rotatable bonds is 3. The van der Waals surface area contributed by atoms with E-state index < -0.39 is 17.6 Å². The summed E-state index contributed by atoms with van der Waals surface area (Å²) in [7, 11) is 0. The van der Waals surface area contributed by atoms with Crippen molar-refractivity contribution in [3.63, 3.8) is 0 Å². The maximum Gasteiger partial charge on any atom is 0.417 e. The molecule has 1 amide bonds. The molecule has 21 heavy (non-hydrogen) atoms. The molecule has 0 saturated carbocycles. The lowest BCUT2D eigenvalue weighted by atomic mass is 9.82. The van der Waals surface area contributed by atoms with E-state index in [-0.39, 0.29) is 11.0 Å². The van der Waals surface area contributed by atoms with Crippen LogP contribution in [0.15, 0.2) is 24.3 Å². The molecule has 1 aliphatic rings. The molecule has 6 heteroatoms. The van der Waals surface area contributed by atoms with Gasteiger partial charge in [-0.05, 0) is 36.9 Å². The van der Waals surface area contributed by atoms with E-state index in [1.807, 2.05) is 6.92 Å². The van der Waals surface area contributed by atoms with Crippen LogP contribution in [0, 0.1) is 5.41 Å². The molecule has 1 aliphatic heterocycles. The van der Waals surface area contributed by atoms with Gasteiger partial charge >= 0.3 is 6.18 Å². The highest BCUT2D eigenvalue weighted by Crippen LogP contribution is 2.32. The van der Waals surface area contributed by atoms with Crippen molar-refractivity contribution in [2.45, 2.75) is 25.9 Å². The molecule has 2 N–H and O–H groups in total. The van der Waals surface area contributed by atoms with Crippen molar-refractivity contribution in [2.75, 3.05) is 19.6 Å². The number of amides is 1. The summed E-state index contributed by atoms with van der Waals surface area (Å²) in [5.41, 5.74) is -1.33. The van der Waals surface area contributed by atoms with E-state index in [0.717, 1.165) is 32.0 Å². The molecule has 0 radical (unpaired) electrons. The van der Waals surface area contributed by atoms with E-state index in [2.05, 4.69) is 10.6 Å². The van der Waals surface area contributed by atoms with Crippen molar-refractivity contribution in [3.05, 3.63) is 35.4 Å². The lowest BCUT2D eigenvalue weighted by Crippen LogP contribution is -2.45. The number of carbonyl (C=O) groups excluding carboxylic acids is 1. The standard InChI is InChI=1S/C15H19F3N2O/c1-14(7-4-8-19-9-14)10-20-13(21)11-5-2-3-6-12(11)15(16,17)18/h2-3,5-6,19H,4,7-10H2,1H3,(H,20,21). The SMILES string of the molecule is CC1(CNC(=O)c2ccccc2C(F)(F)F)CCCNC1. The number of hydrogen-bond donors (Lipinski definition) is 2. The molecule has 0 spiro atoms. The first-order valence-corrected chi connectivity index (χ1v) is 6.97. The fourth-order valence-corrected chi connectivity index (χ4v) is 2.59. The van der Waals surface area contributed by atoms with Gasteiger partial charge in [0.25, 0.3) is 5.91 Å². The molecule has 2 rings (SSSR count). The van der Waals surface area contributed by atoms with E-state index in [1.165, 1.54) is 18.2 Å². The van der Waals surface area contributed by atoms with E-state index in [9.17, 15) is 18.0 Å². The first kappa shape index (κ1) is 15.8. The minimum Gasteiger partial charge on any atom is -0.351 e. The molecule has 1 fully saturated rings. The van der Waals surface area contributed by atoms with E-state index in [4.69, 9.17) is 0 Å². The number of halogens is 3. The molecule has 0 aromatic heterocycles. The zero-order chi connectivity index (χ0) is 15.5. The van der Waals surface area contributed by atoms with Crippen LogP contribution in [0.3, 0.4) is 0 Å². The summed E-state index contributed by atoms with van der Waals surface area (Å²) >= 11 is 0. The maximum absolute atomic E-state index is 12.9. The van der Waals surface area contributed by atoms with Gasteiger partial charge in [0.1, 0.15) is 0 Å². The maximum atomic E-state index is 12.9. The second kappa shape index (κ2) is 6.05. The monoisotopic (exact) mass is 300 g/mol. The van der Waals surface area contributed by atoms with Gasteiger partial charge in [-0.2, -0.15) is 13.2 Å². The third-order valence-corrected chi connectivity index (χ3v) is 3.84. The number of carbonyl (C=O) groups is 1. The fourth-order valence-electron chi connectivity index (χ4n) is 2.59. The summed E-state index contributed by atoms with van der Waals surface area (Å²) in [5.74, 6) is -0.672. The Morgan fingerprint density at radius 1 is 1.38 bits per heavy atom. The first-order valence-electron chi connectivity index (χ1n) is 6.97. The summed E-state index contributed by atoms with van der Waals surface area (Å²) < 4.78 is 38.7. The topological polar surface area (TPSA) is 41.1 Å². The average Bonchev–Trinajstić information content (AvgIpc) is 2.45. The second-order valence-corrected chi connectivity index (χ2v) is 5.82. The van der Waals surface area contributed by atoms with Crippen LogP contribution in [0.1, 0.15) is 35.7 Å². The summed E-state index contributed by atoms with van der Waals surface area (Å²) in [6, 6.07) is 4.86. The Labute approximate surface area is 121 Å². The molecule has 1 aromatic rings. The third-order valence-electron chi connectivity index (χ3n) is 3.84. The Kier molecular flexibility index (Phi) is 4.56. The van der Waals surface area contributed by atoms with Gasteiger partial charge in [0.15, 0.2) is 0 Å². The van der Waals surface area contributed by atoms with Crippen LogP contribution in [0.25, 0.3) is 0 Å². The Hall–Kier alpha value is -1.56. The van der Waals surface area contributed by atoms with Crippen LogP contribution in [-0.2, 0) is 6.18 Å². The quantitative estimate of drug-likeness (QED) is 0.901. The summed E-state index contributed by atoms with van der Waals surface area (Å²) in [6.07, 6.45) is -2.57. The number of alkyl halides is 3. The van der Waals surface area contributed by atoms with Crippen molar-refractivity contribution in [2.24, 2.45) is 5.41 Å². The van der Waals surface area contributed by atoms with Gasteiger partial charge in [-0.1, -0.05) is 19.1 Å². The normalized spacial score (nSPS) is 22.9. The number of hydrogen-bond acceptors (Lipinski definition) is 2. The predicted molar refractivity (Wildman–Crippen MR) is 74.0 cm³/mol. The lowest BCUT2D eigenvalue weighted by molar-refractivity contribution is -0.137. The van der Waals surface area contributed by atoms with E-state index in [1.54, 1.807) is 0 Å². The average molecular weight is 300 g/mol. The highest BCUT2D eigenvalue weighted by Gasteiger charge is 2.35. The van der Waals surface area contributed by atoms with Gasteiger partial charge in [0.05, 0.1) is 11.1 Å². The number of nitrogens with one attached hydrogen (secondary N) is 2. The van der Waals surface area contributed by atoms with Gasteiger partial charge in [0.2, 0.25) is 0 Å². The van der Waals surface area contributed by atoms with Crippen molar-refractivity contribution < 1.29 is 18.0 Å². The summed E-state index contributed by atoms with van der Waals surface area (Å²) in [5, 5.41) is 5.89. The van der Waals surface area contributed by atoms with Gasteiger partial charge < -0.3 is 10.6 Å². The lowest BCUT2D eigenvalue weighted by Gasteiger charge is -2.34. The van der Waals surface area contributed by atoms with Crippen LogP contribution < -0.4 is 10.6 Å². The molecule has 0 bridgehead atoms. The largest absolute Gasteiger partial charge is 0.417 e. The first-order chi connectivity index (χ1) is 9.82. The van der Waals surface area contributed by atoms with Gasteiger partial charge in [-0.3, -0.25) is 4.79 Å². The Morgan fingerprint density at radius 3 is 2.71 bits per heavy atom. The molecule has 3 nitrogen and oxygen atoms in total. The number of benzene rings is 1. The number of piperidine rings is 1. The van der Waals surface area contributed by atoms with Crippen LogP contribution in [0.5, 0.6) is 0 Å². The Bertz CT molecular complexity index is 508. The minimum absolute atomic E-state index is 0.110. The summed E-state index contributed by atoms with van der Waals surface area (Å²) in [4.78, 5) is 12.1. The Balaban J connectivity index is 2.07. The summed E-state index contributed by atoms with van der Waals surface area (Å²) in [6.45, 7) is 4.09. The Morgan fingerprint density at radius 2 is 2.10 bits per heavy atom. The van der Waals surface area contributed by atoms with Crippen LogP contribution in [0.2, 0.25) is 0 Å². The zero-order valence-corrected chi connectivity index (χ0v) is 11.9. The van der Waals surface area contributed by atoms with Gasteiger partial charge in [-0.15, -0.1) is 0 Å².